The first-order chi connectivity index (χ1) is 17.1. The Bertz CT molecular complexity index is 1390. The maximum atomic E-state index is 12.9. The smallest absolute Gasteiger partial charge is 0.409 e. The number of aromatic nitrogens is 1. The number of amides is 1. The van der Waals surface area contributed by atoms with E-state index in [4.69, 9.17) is 9.15 Å². The number of carboxylic acid groups (broad SMARTS) is 1. The number of anilines is 1. The molecule has 1 N–H and O–H groups in total. The van der Waals surface area contributed by atoms with Gasteiger partial charge in [-0.3, -0.25) is 0 Å². The minimum atomic E-state index is -1.06. The molecule has 35 heavy (non-hydrogen) atoms. The minimum absolute atomic E-state index is 0.0239. The fourth-order valence-corrected chi connectivity index (χ4v) is 5.01. The number of hydrogen-bond donors (Lipinski definition) is 1. The van der Waals surface area contributed by atoms with Crippen LogP contribution in [0, 0.1) is 0 Å². The minimum Gasteiger partial charge on any atom is -0.478 e. The highest BCUT2D eigenvalue weighted by molar-refractivity contribution is 6.00. The molecule has 1 fully saturated rings. The van der Waals surface area contributed by atoms with Crippen molar-refractivity contribution in [2.45, 2.75) is 5.92 Å². The Morgan fingerprint density at radius 1 is 0.914 bits per heavy atom. The van der Waals surface area contributed by atoms with Gasteiger partial charge in [0.25, 0.3) is 6.01 Å². The van der Waals surface area contributed by atoms with Gasteiger partial charge < -0.3 is 24.1 Å². The van der Waals surface area contributed by atoms with Gasteiger partial charge in [-0.25, -0.2) is 9.59 Å². The summed E-state index contributed by atoms with van der Waals surface area (Å²) in [6.07, 6.45) is -0.336. The molecule has 3 aromatic carbocycles. The Morgan fingerprint density at radius 2 is 1.57 bits per heavy atom. The zero-order valence-corrected chi connectivity index (χ0v) is 18.9. The standard InChI is InChI=1S/C27H23N3O5/c31-25(32)21-10-5-11-23-24(21)35-26(28-23)29-12-14-30(15-13-29)27(33)34-16-22-19-8-3-1-6-17(19)18-7-2-4-9-20(18)22/h1-11,22H,12-16H2,(H,31,32). The van der Waals surface area contributed by atoms with Crippen LogP contribution in [0.1, 0.15) is 27.4 Å². The molecule has 176 valence electrons. The first-order valence-electron chi connectivity index (χ1n) is 11.6. The average molecular weight is 469 g/mol. The van der Waals surface area contributed by atoms with Gasteiger partial charge in [0, 0.05) is 32.1 Å². The molecule has 0 atom stereocenters. The first-order valence-corrected chi connectivity index (χ1v) is 11.6. The zero-order chi connectivity index (χ0) is 23.9. The van der Waals surface area contributed by atoms with E-state index in [0.717, 1.165) is 0 Å². The zero-order valence-electron chi connectivity index (χ0n) is 18.9. The van der Waals surface area contributed by atoms with E-state index in [9.17, 15) is 14.7 Å². The van der Waals surface area contributed by atoms with Crippen LogP contribution in [0.3, 0.4) is 0 Å². The van der Waals surface area contributed by atoms with Crippen molar-refractivity contribution in [3.63, 3.8) is 0 Å². The van der Waals surface area contributed by atoms with Gasteiger partial charge in [-0.05, 0) is 34.4 Å². The lowest BCUT2D eigenvalue weighted by Crippen LogP contribution is -2.49. The van der Waals surface area contributed by atoms with E-state index in [-0.39, 0.29) is 29.8 Å². The summed E-state index contributed by atoms with van der Waals surface area (Å²) in [6.45, 7) is 2.23. The second-order valence-corrected chi connectivity index (χ2v) is 8.73. The monoisotopic (exact) mass is 469 g/mol. The molecule has 0 bridgehead atoms. The number of piperazine rings is 1. The SMILES string of the molecule is O=C(O)c1cccc2nc(N3CCN(C(=O)OCC4c5ccccc5-c5ccccc54)CC3)oc12. The topological polar surface area (TPSA) is 96.1 Å². The molecule has 8 heteroatoms. The third kappa shape index (κ3) is 3.67. The van der Waals surface area contributed by atoms with Crippen molar-refractivity contribution in [2.24, 2.45) is 0 Å². The maximum absolute atomic E-state index is 12.9. The van der Waals surface area contributed by atoms with E-state index in [1.807, 2.05) is 29.2 Å². The summed E-state index contributed by atoms with van der Waals surface area (Å²) in [7, 11) is 0. The molecule has 0 saturated carbocycles. The van der Waals surface area contributed by atoms with Gasteiger partial charge in [0.15, 0.2) is 5.58 Å². The number of ether oxygens (including phenoxy) is 1. The normalized spacial score (nSPS) is 15.2. The van der Waals surface area contributed by atoms with Gasteiger partial charge in [-0.2, -0.15) is 4.98 Å². The molecular weight excluding hydrogens is 446 g/mol. The van der Waals surface area contributed by atoms with Crippen LogP contribution in [-0.4, -0.2) is 59.8 Å². The van der Waals surface area contributed by atoms with E-state index in [1.54, 1.807) is 17.0 Å². The summed E-state index contributed by atoms with van der Waals surface area (Å²) in [6, 6.07) is 21.7. The maximum Gasteiger partial charge on any atom is 0.409 e. The molecule has 1 aromatic heterocycles. The lowest BCUT2D eigenvalue weighted by Gasteiger charge is -2.33. The highest BCUT2D eigenvalue weighted by Gasteiger charge is 2.31. The number of rotatable bonds is 4. The van der Waals surface area contributed by atoms with E-state index in [2.05, 4.69) is 29.2 Å². The van der Waals surface area contributed by atoms with Crippen molar-refractivity contribution in [2.75, 3.05) is 37.7 Å². The number of oxazole rings is 1. The highest BCUT2D eigenvalue weighted by atomic mass is 16.6. The van der Waals surface area contributed by atoms with Crippen LogP contribution < -0.4 is 4.90 Å². The second kappa shape index (κ2) is 8.47. The van der Waals surface area contributed by atoms with Crippen molar-refractivity contribution in [3.05, 3.63) is 83.4 Å². The number of nitrogens with zero attached hydrogens (tertiary/aromatic N) is 3. The summed E-state index contributed by atoms with van der Waals surface area (Å²) in [5, 5.41) is 9.38. The number of benzene rings is 3. The van der Waals surface area contributed by atoms with Crippen molar-refractivity contribution in [3.8, 4) is 11.1 Å². The third-order valence-electron chi connectivity index (χ3n) is 6.78. The van der Waals surface area contributed by atoms with Crippen LogP contribution in [0.4, 0.5) is 10.8 Å². The molecule has 2 aliphatic rings. The van der Waals surface area contributed by atoms with Crippen LogP contribution in [0.15, 0.2) is 71.1 Å². The van der Waals surface area contributed by atoms with Crippen molar-refractivity contribution in [1.29, 1.82) is 0 Å². The van der Waals surface area contributed by atoms with E-state index >= 15 is 0 Å². The Morgan fingerprint density at radius 3 is 2.23 bits per heavy atom. The largest absolute Gasteiger partial charge is 0.478 e. The number of carbonyl (C=O) groups is 2. The molecule has 8 nitrogen and oxygen atoms in total. The van der Waals surface area contributed by atoms with Crippen LogP contribution in [0.25, 0.3) is 22.2 Å². The summed E-state index contributed by atoms with van der Waals surface area (Å²) in [5.41, 5.74) is 5.60. The molecule has 0 unspecified atom stereocenters. The molecule has 0 radical (unpaired) electrons. The summed E-state index contributed by atoms with van der Waals surface area (Å²) >= 11 is 0. The summed E-state index contributed by atoms with van der Waals surface area (Å²) < 4.78 is 11.6. The lowest BCUT2D eigenvalue weighted by molar-refractivity contribution is 0.0697. The lowest BCUT2D eigenvalue weighted by atomic mass is 9.98. The highest BCUT2D eigenvalue weighted by Crippen LogP contribution is 2.44. The van der Waals surface area contributed by atoms with Crippen LogP contribution >= 0.6 is 0 Å². The Balaban J connectivity index is 1.11. The fraction of sp³-hybridized carbons (Fsp3) is 0.222. The molecule has 1 saturated heterocycles. The predicted molar refractivity (Wildman–Crippen MR) is 130 cm³/mol. The second-order valence-electron chi connectivity index (χ2n) is 8.73. The van der Waals surface area contributed by atoms with E-state index < -0.39 is 5.97 Å². The van der Waals surface area contributed by atoms with Crippen LogP contribution in [0.5, 0.6) is 0 Å². The molecule has 6 rings (SSSR count). The average Bonchev–Trinajstić information content (AvgIpc) is 3.47. The van der Waals surface area contributed by atoms with Gasteiger partial charge in [-0.1, -0.05) is 54.6 Å². The van der Waals surface area contributed by atoms with Gasteiger partial charge in [-0.15, -0.1) is 0 Å². The third-order valence-corrected chi connectivity index (χ3v) is 6.78. The van der Waals surface area contributed by atoms with Crippen molar-refractivity contribution >= 4 is 29.2 Å². The van der Waals surface area contributed by atoms with Gasteiger partial charge >= 0.3 is 12.1 Å². The van der Waals surface area contributed by atoms with E-state index in [0.29, 0.717) is 37.7 Å². The van der Waals surface area contributed by atoms with Gasteiger partial charge in [0.05, 0.1) is 0 Å². The summed E-state index contributed by atoms with van der Waals surface area (Å²) in [5.74, 6) is -1.03. The number of carboxylic acids is 1. The number of aromatic carboxylic acids is 1. The van der Waals surface area contributed by atoms with E-state index in [1.165, 1.54) is 28.3 Å². The molecule has 0 spiro atoms. The van der Waals surface area contributed by atoms with Gasteiger partial charge in [0.2, 0.25) is 0 Å². The Kier molecular flexibility index (Phi) is 5.13. The molecular formula is C27H23N3O5. The van der Waals surface area contributed by atoms with Crippen molar-refractivity contribution in [1.82, 2.24) is 9.88 Å². The van der Waals surface area contributed by atoms with Crippen LogP contribution in [0.2, 0.25) is 0 Å². The number of fused-ring (bicyclic) bond motifs is 4. The molecule has 1 aliphatic carbocycles. The van der Waals surface area contributed by atoms with Crippen LogP contribution in [-0.2, 0) is 4.74 Å². The van der Waals surface area contributed by atoms with Gasteiger partial charge in [0.1, 0.15) is 17.7 Å². The molecule has 2 heterocycles. The number of hydrogen-bond acceptors (Lipinski definition) is 6. The molecule has 1 aliphatic heterocycles. The predicted octanol–water partition coefficient (Wildman–Crippen LogP) is 4.60. The molecule has 1 amide bonds. The Labute approximate surface area is 201 Å². The first kappa shape index (κ1) is 21.2. The number of carbonyl (C=O) groups excluding carboxylic acids is 1. The quantitative estimate of drug-likeness (QED) is 0.467. The fourth-order valence-electron chi connectivity index (χ4n) is 5.01. The van der Waals surface area contributed by atoms with Crippen molar-refractivity contribution < 1.29 is 23.8 Å². The Hall–Kier alpha value is -4.33. The number of para-hydroxylation sites is 1. The summed E-state index contributed by atoms with van der Waals surface area (Å²) in [4.78, 5) is 32.4. The molecule has 4 aromatic rings.